The summed E-state index contributed by atoms with van der Waals surface area (Å²) in [6.45, 7) is 6.68. The third kappa shape index (κ3) is 13.4. The fourth-order valence-electron chi connectivity index (χ4n) is 3.71. The van der Waals surface area contributed by atoms with E-state index >= 15 is 0 Å². The van der Waals surface area contributed by atoms with Crippen LogP contribution in [0.25, 0.3) is 0 Å². The molecule has 0 spiro atoms. The summed E-state index contributed by atoms with van der Waals surface area (Å²) in [4.78, 5) is 25.6. The van der Waals surface area contributed by atoms with Crippen LogP contribution in [0.2, 0.25) is 10.0 Å². The van der Waals surface area contributed by atoms with Gasteiger partial charge in [0.2, 0.25) is 0 Å². The second-order valence-electron chi connectivity index (χ2n) is 8.97. The molecule has 0 aromatic heterocycles. The Morgan fingerprint density at radius 2 is 1.62 bits per heavy atom. The van der Waals surface area contributed by atoms with Gasteiger partial charge in [0, 0.05) is 36.2 Å². The number of unbranched alkanes of at least 4 members (excludes halogenated alkanes) is 2. The van der Waals surface area contributed by atoms with Crippen molar-refractivity contribution in [2.75, 3.05) is 39.5 Å². The molecular formula is C29H39Cl2NO7. The molecule has 1 atom stereocenters. The van der Waals surface area contributed by atoms with Crippen molar-refractivity contribution >= 4 is 35.3 Å². The molecule has 0 aliphatic rings. The van der Waals surface area contributed by atoms with Gasteiger partial charge in [-0.2, -0.15) is 0 Å². The normalized spacial score (nSPS) is 11.7. The fraction of sp³-hybridized carbons (Fsp3) is 0.517. The zero-order valence-corrected chi connectivity index (χ0v) is 24.2. The van der Waals surface area contributed by atoms with Crippen LogP contribution in [0.15, 0.2) is 42.5 Å². The Morgan fingerprint density at radius 3 is 2.26 bits per heavy atom. The summed E-state index contributed by atoms with van der Waals surface area (Å²) in [5.41, 5.74) is 1.75. The average Bonchev–Trinajstić information content (AvgIpc) is 2.89. The van der Waals surface area contributed by atoms with Gasteiger partial charge in [0.15, 0.2) is 6.10 Å². The van der Waals surface area contributed by atoms with E-state index in [4.69, 9.17) is 42.1 Å². The maximum absolute atomic E-state index is 12.6. The van der Waals surface area contributed by atoms with Crippen LogP contribution in [0.1, 0.15) is 50.7 Å². The van der Waals surface area contributed by atoms with Gasteiger partial charge in [-0.1, -0.05) is 48.7 Å². The monoisotopic (exact) mass is 583 g/mol. The van der Waals surface area contributed by atoms with Crippen molar-refractivity contribution in [2.24, 2.45) is 0 Å². The number of amides is 1. The zero-order valence-electron chi connectivity index (χ0n) is 22.7. The SMILES string of the molecule is CCCCOC(=O)N(CCCCOCc1cc(Cl)cc(Cl)c1)CCOc1ccc(CC(OCC)C(=O)O)cc1. The van der Waals surface area contributed by atoms with Crippen LogP contribution >= 0.6 is 23.2 Å². The second-order valence-corrected chi connectivity index (χ2v) is 9.84. The number of ether oxygens (including phenoxy) is 4. The minimum absolute atomic E-state index is 0.275. The molecule has 0 heterocycles. The molecule has 39 heavy (non-hydrogen) atoms. The smallest absolute Gasteiger partial charge is 0.409 e. The van der Waals surface area contributed by atoms with Gasteiger partial charge in [-0.25, -0.2) is 9.59 Å². The zero-order chi connectivity index (χ0) is 28.5. The molecule has 2 aromatic carbocycles. The first-order valence-corrected chi connectivity index (χ1v) is 14.1. The molecule has 0 bridgehead atoms. The van der Waals surface area contributed by atoms with Gasteiger partial charge in [-0.15, -0.1) is 0 Å². The molecule has 216 valence electrons. The van der Waals surface area contributed by atoms with Crippen LogP contribution in [0.4, 0.5) is 4.79 Å². The van der Waals surface area contributed by atoms with E-state index in [-0.39, 0.29) is 12.5 Å². The quantitative estimate of drug-likeness (QED) is 0.185. The molecule has 0 radical (unpaired) electrons. The minimum Gasteiger partial charge on any atom is -0.492 e. The minimum atomic E-state index is -0.985. The van der Waals surface area contributed by atoms with Gasteiger partial charge in [0.1, 0.15) is 12.4 Å². The molecule has 1 unspecified atom stereocenters. The summed E-state index contributed by atoms with van der Waals surface area (Å²) < 4.78 is 22.3. The van der Waals surface area contributed by atoms with Gasteiger partial charge >= 0.3 is 12.1 Å². The molecule has 0 saturated heterocycles. The first-order valence-electron chi connectivity index (χ1n) is 13.3. The lowest BCUT2D eigenvalue weighted by molar-refractivity contribution is -0.149. The molecule has 2 aromatic rings. The summed E-state index contributed by atoms with van der Waals surface area (Å²) in [5.74, 6) is -0.350. The van der Waals surface area contributed by atoms with Crippen molar-refractivity contribution in [2.45, 2.75) is 58.7 Å². The van der Waals surface area contributed by atoms with E-state index in [1.165, 1.54) is 0 Å². The third-order valence-electron chi connectivity index (χ3n) is 5.76. The molecule has 0 fully saturated rings. The number of carboxylic acids is 1. The van der Waals surface area contributed by atoms with Crippen LogP contribution in [-0.2, 0) is 32.0 Å². The largest absolute Gasteiger partial charge is 0.492 e. The number of aliphatic carboxylic acids is 1. The van der Waals surface area contributed by atoms with Crippen molar-refractivity contribution in [3.05, 3.63) is 63.6 Å². The Morgan fingerprint density at radius 1 is 0.897 bits per heavy atom. The summed E-state index contributed by atoms with van der Waals surface area (Å²) >= 11 is 12.1. The maximum atomic E-state index is 12.6. The van der Waals surface area contributed by atoms with Gasteiger partial charge in [-0.05, 0) is 67.6 Å². The van der Waals surface area contributed by atoms with E-state index < -0.39 is 12.1 Å². The van der Waals surface area contributed by atoms with Crippen molar-refractivity contribution < 1.29 is 33.6 Å². The first kappa shape index (κ1) is 32.7. The van der Waals surface area contributed by atoms with Crippen LogP contribution in [0.3, 0.4) is 0 Å². The highest BCUT2D eigenvalue weighted by molar-refractivity contribution is 6.34. The lowest BCUT2D eigenvalue weighted by Gasteiger charge is -2.22. The Kier molecular flexibility index (Phi) is 15.7. The van der Waals surface area contributed by atoms with Crippen LogP contribution in [0.5, 0.6) is 5.75 Å². The molecule has 0 saturated carbocycles. The number of benzene rings is 2. The van der Waals surface area contributed by atoms with Gasteiger partial charge < -0.3 is 29.0 Å². The van der Waals surface area contributed by atoms with E-state index in [9.17, 15) is 14.7 Å². The maximum Gasteiger partial charge on any atom is 0.409 e. The van der Waals surface area contributed by atoms with Crippen LogP contribution in [-0.4, -0.2) is 67.7 Å². The van der Waals surface area contributed by atoms with Crippen molar-refractivity contribution in [3.63, 3.8) is 0 Å². The lowest BCUT2D eigenvalue weighted by atomic mass is 10.1. The highest BCUT2D eigenvalue weighted by Crippen LogP contribution is 2.20. The molecule has 1 amide bonds. The second kappa shape index (κ2) is 18.7. The Balaban J connectivity index is 1.78. The number of rotatable bonds is 19. The van der Waals surface area contributed by atoms with E-state index in [2.05, 4.69) is 0 Å². The van der Waals surface area contributed by atoms with E-state index in [0.717, 1.165) is 36.8 Å². The van der Waals surface area contributed by atoms with Gasteiger partial charge in [0.25, 0.3) is 0 Å². The predicted octanol–water partition coefficient (Wildman–Crippen LogP) is 6.64. The predicted molar refractivity (Wildman–Crippen MR) is 152 cm³/mol. The summed E-state index contributed by atoms with van der Waals surface area (Å²) in [6, 6.07) is 12.5. The number of carbonyl (C=O) groups is 2. The van der Waals surface area contributed by atoms with Crippen molar-refractivity contribution in [1.82, 2.24) is 4.90 Å². The molecule has 1 N–H and O–H groups in total. The van der Waals surface area contributed by atoms with Crippen LogP contribution in [0, 0.1) is 0 Å². The first-order chi connectivity index (χ1) is 18.8. The molecular weight excluding hydrogens is 545 g/mol. The number of halogens is 2. The van der Waals surface area contributed by atoms with Gasteiger partial charge in [0.05, 0.1) is 19.8 Å². The Bertz CT molecular complexity index is 983. The van der Waals surface area contributed by atoms with Crippen LogP contribution < -0.4 is 4.74 Å². The summed E-state index contributed by atoms with van der Waals surface area (Å²) in [7, 11) is 0. The molecule has 10 heteroatoms. The topological polar surface area (TPSA) is 94.5 Å². The highest BCUT2D eigenvalue weighted by Gasteiger charge is 2.18. The lowest BCUT2D eigenvalue weighted by Crippen LogP contribution is -2.36. The third-order valence-corrected chi connectivity index (χ3v) is 6.19. The molecule has 0 aliphatic carbocycles. The van der Waals surface area contributed by atoms with Crippen molar-refractivity contribution in [1.29, 1.82) is 0 Å². The van der Waals surface area contributed by atoms with Crippen molar-refractivity contribution in [3.8, 4) is 5.75 Å². The number of hydrogen-bond acceptors (Lipinski definition) is 6. The highest BCUT2D eigenvalue weighted by atomic mass is 35.5. The number of carbonyl (C=O) groups excluding carboxylic acids is 1. The summed E-state index contributed by atoms with van der Waals surface area (Å²) in [6.07, 6.45) is 2.32. The summed E-state index contributed by atoms with van der Waals surface area (Å²) in [5, 5.41) is 10.4. The Labute approximate surface area is 241 Å². The number of hydrogen-bond donors (Lipinski definition) is 1. The molecule has 2 rings (SSSR count). The molecule has 8 nitrogen and oxygen atoms in total. The van der Waals surface area contributed by atoms with E-state index in [0.29, 0.717) is 61.9 Å². The Hall–Kier alpha value is -2.52. The number of carboxylic acid groups (broad SMARTS) is 1. The fourth-order valence-corrected chi connectivity index (χ4v) is 4.28. The molecule has 0 aliphatic heterocycles. The standard InChI is InChI=1S/C29H39Cl2NO7/c1-3-5-15-39-29(35)32(12-6-7-14-36-21-23-17-24(30)20-25(31)18-23)13-16-38-26-10-8-22(9-11-26)19-27(28(33)34)37-4-2/h8-11,17-18,20,27H,3-7,12-16,19,21H2,1-2H3,(H,33,34). The van der Waals surface area contributed by atoms with E-state index in [1.54, 1.807) is 30.0 Å². The van der Waals surface area contributed by atoms with E-state index in [1.807, 2.05) is 31.2 Å². The number of nitrogens with zero attached hydrogens (tertiary/aromatic N) is 1. The average molecular weight is 585 g/mol. The van der Waals surface area contributed by atoms with Gasteiger partial charge in [-0.3, -0.25) is 0 Å².